The van der Waals surface area contributed by atoms with Gasteiger partial charge in [-0.05, 0) is 54.1 Å². The van der Waals surface area contributed by atoms with Crippen molar-refractivity contribution < 1.29 is 31.2 Å². The monoisotopic (exact) mass is 515 g/mol. The van der Waals surface area contributed by atoms with Gasteiger partial charge in [0.25, 0.3) is 15.9 Å². The summed E-state index contributed by atoms with van der Waals surface area (Å²) in [5.74, 6) is -1.50. The number of primary sulfonamides is 1. The third kappa shape index (κ3) is 8.07. The summed E-state index contributed by atoms with van der Waals surface area (Å²) >= 11 is 0. The van der Waals surface area contributed by atoms with E-state index in [0.717, 1.165) is 5.41 Å². The van der Waals surface area contributed by atoms with Crippen LogP contribution in [-0.2, 0) is 29.6 Å². The van der Waals surface area contributed by atoms with Gasteiger partial charge in [0.15, 0.2) is 6.61 Å². The quantitative estimate of drug-likeness (QED) is 0.369. The van der Waals surface area contributed by atoms with E-state index in [0.29, 0.717) is 5.56 Å². The van der Waals surface area contributed by atoms with Crippen LogP contribution in [0, 0.1) is 0 Å². The van der Waals surface area contributed by atoms with Crippen LogP contribution in [0.15, 0.2) is 89.2 Å². The van der Waals surface area contributed by atoms with Gasteiger partial charge in [-0.1, -0.05) is 36.4 Å². The van der Waals surface area contributed by atoms with E-state index in [2.05, 4.69) is 10.0 Å². The number of carbonyl (C=O) groups is 2. The van der Waals surface area contributed by atoms with Gasteiger partial charge in [0.1, 0.15) is 0 Å². The number of esters is 1. The Balaban J connectivity index is 1.56. The van der Waals surface area contributed by atoms with Gasteiger partial charge in [0.2, 0.25) is 10.0 Å². The molecule has 35 heavy (non-hydrogen) atoms. The molecule has 0 saturated carbocycles. The lowest BCUT2D eigenvalue weighted by molar-refractivity contribution is -0.119. The number of amides is 1. The average molecular weight is 516 g/mol. The topological polar surface area (TPSA) is 162 Å². The molecule has 0 atom stereocenters. The van der Waals surface area contributed by atoms with Crippen molar-refractivity contribution in [3.8, 4) is 0 Å². The highest BCUT2D eigenvalue weighted by atomic mass is 32.2. The normalized spacial score (nSPS) is 11.7. The predicted molar refractivity (Wildman–Crippen MR) is 131 cm³/mol. The molecule has 0 heterocycles. The Morgan fingerprint density at radius 3 is 2.20 bits per heavy atom. The number of carbonyl (C=O) groups excluding carboxylic acids is 2. The zero-order chi connectivity index (χ0) is 25.5. The van der Waals surface area contributed by atoms with Crippen LogP contribution in [0.2, 0.25) is 0 Å². The van der Waals surface area contributed by atoms with Crippen LogP contribution < -0.4 is 15.2 Å². The van der Waals surface area contributed by atoms with Crippen LogP contribution in [0.3, 0.4) is 0 Å². The summed E-state index contributed by atoms with van der Waals surface area (Å²) in [6.45, 7) is -0.620. The molecule has 182 valence electrons. The van der Waals surface area contributed by atoms with Crippen molar-refractivity contribution in [2.75, 3.05) is 16.6 Å². The smallest absolute Gasteiger partial charge is 0.338 e. The predicted octanol–water partition coefficient (Wildman–Crippen LogP) is 2.54. The molecule has 12 heteroatoms. The summed E-state index contributed by atoms with van der Waals surface area (Å²) in [6.07, 6.45) is 1.43. The zero-order valence-corrected chi connectivity index (χ0v) is 19.8. The number of benzene rings is 3. The van der Waals surface area contributed by atoms with Crippen molar-refractivity contribution in [3.63, 3.8) is 0 Å². The second-order valence-electron chi connectivity index (χ2n) is 7.14. The third-order valence-electron chi connectivity index (χ3n) is 4.40. The molecule has 3 aromatic carbocycles. The van der Waals surface area contributed by atoms with Crippen molar-refractivity contribution in [3.05, 3.63) is 95.4 Å². The largest absolute Gasteiger partial charge is 0.452 e. The standard InChI is InChI=1S/C23H21N3O7S2/c24-35(31,32)21-11-9-19(10-12-21)25-22(27)16-33-23(28)18-7-4-8-20(15-18)26-34(29,30)14-13-17-5-2-1-3-6-17/h1-15,26H,16H2,(H,25,27)(H2,24,31,32)/b14-13+. The number of rotatable bonds is 9. The molecule has 3 aromatic rings. The molecule has 0 aliphatic heterocycles. The van der Waals surface area contributed by atoms with E-state index in [1.54, 1.807) is 24.3 Å². The molecule has 10 nitrogen and oxygen atoms in total. The van der Waals surface area contributed by atoms with Gasteiger partial charge in [0, 0.05) is 11.4 Å². The van der Waals surface area contributed by atoms with E-state index in [1.807, 2.05) is 6.07 Å². The molecule has 0 aliphatic rings. The molecule has 3 rings (SSSR count). The summed E-state index contributed by atoms with van der Waals surface area (Å²) in [5, 5.41) is 8.47. The number of anilines is 2. The maximum atomic E-state index is 12.3. The van der Waals surface area contributed by atoms with Crippen LogP contribution in [0.5, 0.6) is 0 Å². The van der Waals surface area contributed by atoms with Gasteiger partial charge >= 0.3 is 5.97 Å². The summed E-state index contributed by atoms with van der Waals surface area (Å²) in [6, 6.07) is 19.6. The lowest BCUT2D eigenvalue weighted by Gasteiger charge is -2.09. The lowest BCUT2D eigenvalue weighted by Crippen LogP contribution is -2.21. The highest BCUT2D eigenvalue weighted by molar-refractivity contribution is 7.95. The van der Waals surface area contributed by atoms with Gasteiger partial charge in [-0.25, -0.2) is 26.8 Å². The average Bonchev–Trinajstić information content (AvgIpc) is 2.82. The van der Waals surface area contributed by atoms with Crippen molar-refractivity contribution >= 4 is 49.4 Å². The molecule has 0 aromatic heterocycles. The molecular weight excluding hydrogens is 494 g/mol. The second kappa shape index (κ2) is 11.0. The molecule has 0 unspecified atom stereocenters. The van der Waals surface area contributed by atoms with Crippen molar-refractivity contribution in [1.82, 2.24) is 0 Å². The van der Waals surface area contributed by atoms with Crippen LogP contribution >= 0.6 is 0 Å². The zero-order valence-electron chi connectivity index (χ0n) is 18.1. The molecule has 0 fully saturated rings. The van der Waals surface area contributed by atoms with Crippen molar-refractivity contribution in [2.24, 2.45) is 5.14 Å². The minimum atomic E-state index is -3.86. The molecule has 0 radical (unpaired) electrons. The van der Waals surface area contributed by atoms with E-state index in [4.69, 9.17) is 9.88 Å². The highest BCUT2D eigenvalue weighted by Crippen LogP contribution is 2.15. The van der Waals surface area contributed by atoms with Gasteiger partial charge in [0.05, 0.1) is 15.9 Å². The Kier molecular flexibility index (Phi) is 8.02. The Morgan fingerprint density at radius 1 is 0.857 bits per heavy atom. The number of nitrogens with two attached hydrogens (primary N) is 1. The lowest BCUT2D eigenvalue weighted by atomic mass is 10.2. The Bertz CT molecular complexity index is 1450. The second-order valence-corrected chi connectivity index (χ2v) is 10.3. The fourth-order valence-electron chi connectivity index (χ4n) is 2.78. The molecule has 0 bridgehead atoms. The number of sulfonamides is 2. The molecule has 0 saturated heterocycles. The summed E-state index contributed by atoms with van der Waals surface area (Å²) in [5.41, 5.74) is 1.14. The number of ether oxygens (including phenoxy) is 1. The number of hydrogen-bond acceptors (Lipinski definition) is 7. The molecule has 1 amide bonds. The third-order valence-corrected chi connectivity index (χ3v) is 6.34. The number of nitrogens with one attached hydrogen (secondary N) is 2. The van der Waals surface area contributed by atoms with E-state index >= 15 is 0 Å². The Labute approximate surface area is 202 Å². The van der Waals surface area contributed by atoms with Crippen LogP contribution in [-0.4, -0.2) is 35.3 Å². The number of hydrogen-bond donors (Lipinski definition) is 3. The maximum absolute atomic E-state index is 12.3. The summed E-state index contributed by atoms with van der Waals surface area (Å²) in [4.78, 5) is 24.2. The molecular formula is C23H21N3O7S2. The molecule has 4 N–H and O–H groups in total. The van der Waals surface area contributed by atoms with Crippen molar-refractivity contribution in [1.29, 1.82) is 0 Å². The molecule has 0 aliphatic carbocycles. The minimum absolute atomic E-state index is 0.0301. The fourth-order valence-corrected chi connectivity index (χ4v) is 4.15. The van der Waals surface area contributed by atoms with Gasteiger partial charge in [-0.2, -0.15) is 0 Å². The van der Waals surface area contributed by atoms with Crippen LogP contribution in [0.25, 0.3) is 6.08 Å². The first-order valence-electron chi connectivity index (χ1n) is 9.98. The van der Waals surface area contributed by atoms with Gasteiger partial charge < -0.3 is 10.1 Å². The summed E-state index contributed by atoms with van der Waals surface area (Å²) < 4.78 is 54.5. The molecule has 0 spiro atoms. The van der Waals surface area contributed by atoms with E-state index < -0.39 is 38.5 Å². The fraction of sp³-hybridized carbons (Fsp3) is 0.0435. The SMILES string of the molecule is NS(=O)(=O)c1ccc(NC(=O)COC(=O)c2cccc(NS(=O)(=O)/C=C/c3ccccc3)c2)cc1. The first-order chi connectivity index (χ1) is 16.5. The van der Waals surface area contributed by atoms with E-state index in [-0.39, 0.29) is 21.8 Å². The Morgan fingerprint density at radius 2 is 1.54 bits per heavy atom. The van der Waals surface area contributed by atoms with Crippen molar-refractivity contribution in [2.45, 2.75) is 4.90 Å². The van der Waals surface area contributed by atoms with Crippen LogP contribution in [0.1, 0.15) is 15.9 Å². The first-order valence-corrected chi connectivity index (χ1v) is 13.1. The first kappa shape index (κ1) is 25.6. The summed E-state index contributed by atoms with van der Waals surface area (Å²) in [7, 11) is -7.70. The van der Waals surface area contributed by atoms with Crippen LogP contribution in [0.4, 0.5) is 11.4 Å². The van der Waals surface area contributed by atoms with Gasteiger partial charge in [-0.15, -0.1) is 0 Å². The van der Waals surface area contributed by atoms with E-state index in [1.165, 1.54) is 54.6 Å². The van der Waals surface area contributed by atoms with E-state index in [9.17, 15) is 26.4 Å². The maximum Gasteiger partial charge on any atom is 0.338 e. The minimum Gasteiger partial charge on any atom is -0.452 e. The van der Waals surface area contributed by atoms with Gasteiger partial charge in [-0.3, -0.25) is 9.52 Å². The Hall–Kier alpha value is -4.00. The highest BCUT2D eigenvalue weighted by Gasteiger charge is 2.13.